The average molecular weight is 469 g/mol. The van der Waals surface area contributed by atoms with Crippen LogP contribution in [0.25, 0.3) is 0 Å². The molecular formula is C19H21BrN2O5S. The zero-order valence-electron chi connectivity index (χ0n) is 15.4. The third kappa shape index (κ3) is 6.65. The van der Waals surface area contributed by atoms with Gasteiger partial charge in [-0.2, -0.15) is 0 Å². The first kappa shape index (κ1) is 21.9. The Morgan fingerprint density at radius 1 is 1.14 bits per heavy atom. The smallest absolute Gasteiger partial charge is 0.255 e. The van der Waals surface area contributed by atoms with Crippen molar-refractivity contribution in [3.63, 3.8) is 0 Å². The number of benzene rings is 2. The van der Waals surface area contributed by atoms with E-state index in [1.54, 1.807) is 48.5 Å². The number of halogens is 1. The molecule has 2 N–H and O–H groups in total. The van der Waals surface area contributed by atoms with Gasteiger partial charge in [0.25, 0.3) is 5.91 Å². The van der Waals surface area contributed by atoms with Gasteiger partial charge < -0.3 is 15.4 Å². The van der Waals surface area contributed by atoms with E-state index in [1.807, 2.05) is 0 Å². The molecule has 0 heterocycles. The van der Waals surface area contributed by atoms with Crippen LogP contribution >= 0.6 is 15.9 Å². The molecule has 2 rings (SSSR count). The van der Waals surface area contributed by atoms with Crippen LogP contribution in [0.4, 0.5) is 5.69 Å². The minimum absolute atomic E-state index is 0.0560. The lowest BCUT2D eigenvalue weighted by atomic mass is 10.1. The second-order valence-corrected chi connectivity index (χ2v) is 9.32. The molecule has 2 aromatic carbocycles. The first-order chi connectivity index (χ1) is 13.2. The lowest BCUT2D eigenvalue weighted by molar-refractivity contribution is -0.118. The minimum Gasteiger partial charge on any atom is -0.496 e. The largest absolute Gasteiger partial charge is 0.496 e. The highest BCUT2D eigenvalue weighted by Gasteiger charge is 2.24. The normalized spacial score (nSPS) is 12.1. The summed E-state index contributed by atoms with van der Waals surface area (Å²) in [5, 5.41) is 5.30. The summed E-state index contributed by atoms with van der Waals surface area (Å²) in [5.41, 5.74) is 0.778. The standard InChI is InChI=1S/C19H21BrN2O5S/c1-27-17-9-4-3-8-15(17)18(23)22-16(10-11-28(2,25)26)19(24)21-14-7-5-6-13(20)12-14/h3-9,12,16H,10-11H2,1-2H3,(H,21,24)(H,22,23). The molecule has 2 amide bonds. The predicted molar refractivity (Wildman–Crippen MR) is 111 cm³/mol. The lowest BCUT2D eigenvalue weighted by Gasteiger charge is -2.19. The number of amides is 2. The van der Waals surface area contributed by atoms with E-state index in [1.165, 1.54) is 7.11 Å². The maximum atomic E-state index is 12.7. The summed E-state index contributed by atoms with van der Waals surface area (Å²) in [6.45, 7) is 0. The molecule has 0 saturated carbocycles. The molecule has 0 aliphatic heterocycles. The Morgan fingerprint density at radius 3 is 2.50 bits per heavy atom. The summed E-state index contributed by atoms with van der Waals surface area (Å²) in [5.74, 6) is -0.921. The number of hydrogen-bond acceptors (Lipinski definition) is 5. The highest BCUT2D eigenvalue weighted by Crippen LogP contribution is 2.18. The summed E-state index contributed by atoms with van der Waals surface area (Å²) in [6.07, 6.45) is 1.03. The fourth-order valence-corrected chi connectivity index (χ4v) is 3.53. The van der Waals surface area contributed by atoms with Gasteiger partial charge in [-0.1, -0.05) is 34.1 Å². The summed E-state index contributed by atoms with van der Waals surface area (Å²) in [7, 11) is -1.87. The van der Waals surface area contributed by atoms with Crippen molar-refractivity contribution >= 4 is 43.3 Å². The van der Waals surface area contributed by atoms with Gasteiger partial charge in [0.05, 0.1) is 18.4 Å². The van der Waals surface area contributed by atoms with Crippen LogP contribution in [0.5, 0.6) is 5.75 Å². The molecule has 0 aromatic heterocycles. The average Bonchev–Trinajstić information content (AvgIpc) is 2.64. The molecule has 0 aliphatic rings. The Hall–Kier alpha value is -2.39. The quantitative estimate of drug-likeness (QED) is 0.619. The van der Waals surface area contributed by atoms with E-state index in [0.717, 1.165) is 10.7 Å². The third-order valence-electron chi connectivity index (χ3n) is 3.84. The number of anilines is 1. The van der Waals surface area contributed by atoms with Gasteiger partial charge >= 0.3 is 0 Å². The highest BCUT2D eigenvalue weighted by atomic mass is 79.9. The van der Waals surface area contributed by atoms with Crippen molar-refractivity contribution in [1.82, 2.24) is 5.32 Å². The number of carbonyl (C=O) groups excluding carboxylic acids is 2. The van der Waals surface area contributed by atoms with Gasteiger partial charge in [-0.3, -0.25) is 9.59 Å². The Kier molecular flexibility index (Phi) is 7.59. The number of nitrogens with one attached hydrogen (secondary N) is 2. The summed E-state index contributed by atoms with van der Waals surface area (Å²) >= 11 is 3.32. The predicted octanol–water partition coefficient (Wildman–Crippen LogP) is 2.63. The van der Waals surface area contributed by atoms with Crippen LogP contribution in [0, 0.1) is 0 Å². The zero-order chi connectivity index (χ0) is 20.7. The molecular weight excluding hydrogens is 448 g/mol. The Balaban J connectivity index is 2.20. The molecule has 7 nitrogen and oxygen atoms in total. The van der Waals surface area contributed by atoms with Crippen molar-refractivity contribution in [2.75, 3.05) is 24.4 Å². The molecule has 150 valence electrons. The van der Waals surface area contributed by atoms with E-state index in [2.05, 4.69) is 26.6 Å². The van der Waals surface area contributed by atoms with Gasteiger partial charge in [-0.05, 0) is 36.8 Å². The fourth-order valence-electron chi connectivity index (χ4n) is 2.46. The van der Waals surface area contributed by atoms with Crippen LogP contribution in [-0.2, 0) is 14.6 Å². The van der Waals surface area contributed by atoms with Crippen molar-refractivity contribution in [2.24, 2.45) is 0 Å². The van der Waals surface area contributed by atoms with Crippen molar-refractivity contribution in [3.8, 4) is 5.75 Å². The summed E-state index contributed by atoms with van der Waals surface area (Å²) < 4.78 is 29.0. The highest BCUT2D eigenvalue weighted by molar-refractivity contribution is 9.10. The van der Waals surface area contributed by atoms with Gasteiger partial charge in [-0.15, -0.1) is 0 Å². The van der Waals surface area contributed by atoms with Gasteiger partial charge in [0.2, 0.25) is 5.91 Å². The molecule has 28 heavy (non-hydrogen) atoms. The van der Waals surface area contributed by atoms with E-state index < -0.39 is 27.7 Å². The number of methoxy groups -OCH3 is 1. The van der Waals surface area contributed by atoms with Gasteiger partial charge in [0, 0.05) is 16.4 Å². The van der Waals surface area contributed by atoms with Crippen LogP contribution in [-0.4, -0.2) is 45.4 Å². The second kappa shape index (κ2) is 9.70. The van der Waals surface area contributed by atoms with Crippen LogP contribution in [0.1, 0.15) is 16.8 Å². The van der Waals surface area contributed by atoms with Gasteiger partial charge in [0.15, 0.2) is 0 Å². The first-order valence-electron chi connectivity index (χ1n) is 8.37. The molecule has 0 saturated heterocycles. The van der Waals surface area contributed by atoms with E-state index in [9.17, 15) is 18.0 Å². The van der Waals surface area contributed by atoms with Crippen molar-refractivity contribution in [3.05, 3.63) is 58.6 Å². The van der Waals surface area contributed by atoms with Crippen LogP contribution in [0.15, 0.2) is 53.0 Å². The monoisotopic (exact) mass is 468 g/mol. The van der Waals surface area contributed by atoms with Crippen LogP contribution < -0.4 is 15.4 Å². The van der Waals surface area contributed by atoms with E-state index in [4.69, 9.17) is 4.74 Å². The number of hydrogen-bond donors (Lipinski definition) is 2. The first-order valence-corrected chi connectivity index (χ1v) is 11.2. The topological polar surface area (TPSA) is 102 Å². The van der Waals surface area contributed by atoms with Gasteiger partial charge in [0.1, 0.15) is 21.6 Å². The molecule has 0 bridgehead atoms. The fraction of sp³-hybridized carbons (Fsp3) is 0.263. The van der Waals surface area contributed by atoms with Crippen LogP contribution in [0.3, 0.4) is 0 Å². The molecule has 9 heteroatoms. The number of ether oxygens (including phenoxy) is 1. The van der Waals surface area contributed by atoms with E-state index >= 15 is 0 Å². The maximum Gasteiger partial charge on any atom is 0.255 e. The van der Waals surface area contributed by atoms with Gasteiger partial charge in [-0.25, -0.2) is 8.42 Å². The Bertz CT molecular complexity index is 962. The van der Waals surface area contributed by atoms with Crippen molar-refractivity contribution in [2.45, 2.75) is 12.5 Å². The number of para-hydroxylation sites is 1. The summed E-state index contributed by atoms with van der Waals surface area (Å²) in [6, 6.07) is 12.5. The molecule has 0 fully saturated rings. The van der Waals surface area contributed by atoms with E-state index in [-0.39, 0.29) is 17.7 Å². The molecule has 0 spiro atoms. The van der Waals surface area contributed by atoms with Crippen molar-refractivity contribution < 1.29 is 22.7 Å². The molecule has 0 aliphatic carbocycles. The molecule has 2 aromatic rings. The maximum absolute atomic E-state index is 12.7. The SMILES string of the molecule is COc1ccccc1C(=O)NC(CCS(C)(=O)=O)C(=O)Nc1cccc(Br)c1. The number of rotatable bonds is 8. The van der Waals surface area contributed by atoms with Crippen molar-refractivity contribution in [1.29, 1.82) is 0 Å². The number of sulfone groups is 1. The molecule has 1 unspecified atom stereocenters. The lowest BCUT2D eigenvalue weighted by Crippen LogP contribution is -2.44. The minimum atomic E-state index is -3.31. The molecule has 0 radical (unpaired) electrons. The number of carbonyl (C=O) groups is 2. The van der Waals surface area contributed by atoms with Crippen LogP contribution in [0.2, 0.25) is 0 Å². The zero-order valence-corrected chi connectivity index (χ0v) is 17.8. The Labute approximate surface area is 172 Å². The second-order valence-electron chi connectivity index (χ2n) is 6.14. The van der Waals surface area contributed by atoms with E-state index in [0.29, 0.717) is 11.4 Å². The third-order valence-corrected chi connectivity index (χ3v) is 5.31. The summed E-state index contributed by atoms with van der Waals surface area (Å²) in [4.78, 5) is 25.3. The Morgan fingerprint density at radius 2 is 1.86 bits per heavy atom. The molecule has 1 atom stereocenters.